The van der Waals surface area contributed by atoms with Gasteiger partial charge in [0, 0.05) is 6.54 Å². The van der Waals surface area contributed by atoms with Gasteiger partial charge in [0.2, 0.25) is 5.13 Å². The summed E-state index contributed by atoms with van der Waals surface area (Å²) in [5.74, 6) is 0.335. The second-order valence-electron chi connectivity index (χ2n) is 4.96. The summed E-state index contributed by atoms with van der Waals surface area (Å²) in [7, 11) is 3.95. The van der Waals surface area contributed by atoms with Gasteiger partial charge in [-0.15, -0.1) is 10.2 Å². The van der Waals surface area contributed by atoms with E-state index in [1.54, 1.807) is 12.1 Å². The summed E-state index contributed by atoms with van der Waals surface area (Å²) in [5.41, 5.74) is 0.495. The van der Waals surface area contributed by atoms with Crippen molar-refractivity contribution >= 4 is 22.4 Å². The number of ether oxygens (including phenoxy) is 1. The highest BCUT2D eigenvalue weighted by atomic mass is 32.1. The second-order valence-corrected chi connectivity index (χ2v) is 6.02. The van der Waals surface area contributed by atoms with Crippen LogP contribution < -0.4 is 10.1 Å². The predicted molar refractivity (Wildman–Crippen MR) is 87.7 cm³/mol. The zero-order valence-electron chi connectivity index (χ0n) is 13.0. The van der Waals surface area contributed by atoms with E-state index in [4.69, 9.17) is 4.74 Å². The number of anilines is 1. The van der Waals surface area contributed by atoms with Gasteiger partial charge in [-0.05, 0) is 32.6 Å². The van der Waals surface area contributed by atoms with Crippen molar-refractivity contribution in [3.05, 3.63) is 34.8 Å². The van der Waals surface area contributed by atoms with Crippen LogP contribution in [0.1, 0.15) is 22.3 Å². The quantitative estimate of drug-likeness (QED) is 0.848. The zero-order valence-corrected chi connectivity index (χ0v) is 13.8. The molecule has 0 spiro atoms. The Morgan fingerprint density at radius 3 is 2.77 bits per heavy atom. The summed E-state index contributed by atoms with van der Waals surface area (Å²) in [6.07, 6.45) is 0.803. The molecule has 0 saturated heterocycles. The van der Waals surface area contributed by atoms with E-state index in [9.17, 15) is 4.79 Å². The number of para-hydroxylation sites is 1. The minimum atomic E-state index is -0.237. The van der Waals surface area contributed by atoms with Crippen LogP contribution in [0.2, 0.25) is 0 Å². The highest BCUT2D eigenvalue weighted by molar-refractivity contribution is 7.15. The molecule has 1 N–H and O–H groups in total. The van der Waals surface area contributed by atoms with Crippen LogP contribution in [0.25, 0.3) is 0 Å². The number of likely N-dealkylation sites (N-methyl/N-ethyl adjacent to an activating group) is 1. The van der Waals surface area contributed by atoms with Crippen LogP contribution in [0, 0.1) is 0 Å². The number of nitrogens with zero attached hydrogens (tertiary/aromatic N) is 3. The van der Waals surface area contributed by atoms with Gasteiger partial charge in [0.1, 0.15) is 17.4 Å². The summed E-state index contributed by atoms with van der Waals surface area (Å²) in [6, 6.07) is 7.19. The third-order valence-electron chi connectivity index (χ3n) is 2.92. The van der Waals surface area contributed by atoms with Crippen LogP contribution in [0.4, 0.5) is 5.13 Å². The smallest absolute Gasteiger partial charge is 0.261 e. The van der Waals surface area contributed by atoms with Crippen molar-refractivity contribution in [2.45, 2.75) is 13.3 Å². The maximum absolute atomic E-state index is 12.4. The van der Waals surface area contributed by atoms with Crippen LogP contribution in [-0.4, -0.2) is 48.3 Å². The SMILES string of the molecule is CCc1nnc(NC(=O)c2ccccc2OCCN(C)C)s1. The van der Waals surface area contributed by atoms with Crippen molar-refractivity contribution in [1.82, 2.24) is 15.1 Å². The summed E-state index contributed by atoms with van der Waals surface area (Å²) < 4.78 is 5.70. The van der Waals surface area contributed by atoms with Crippen molar-refractivity contribution in [2.75, 3.05) is 32.6 Å². The van der Waals surface area contributed by atoms with E-state index in [-0.39, 0.29) is 5.91 Å². The number of aromatic nitrogens is 2. The second kappa shape index (κ2) is 7.86. The fraction of sp³-hybridized carbons (Fsp3) is 0.400. The monoisotopic (exact) mass is 320 g/mol. The normalized spacial score (nSPS) is 10.7. The lowest BCUT2D eigenvalue weighted by molar-refractivity contribution is 0.102. The Morgan fingerprint density at radius 1 is 1.32 bits per heavy atom. The minimum Gasteiger partial charge on any atom is -0.491 e. The van der Waals surface area contributed by atoms with Crippen LogP contribution in [0.15, 0.2) is 24.3 Å². The lowest BCUT2D eigenvalue weighted by Crippen LogP contribution is -2.20. The number of hydrogen-bond acceptors (Lipinski definition) is 6. The van der Waals surface area contributed by atoms with Gasteiger partial charge in [0.05, 0.1) is 5.56 Å². The number of carbonyl (C=O) groups excluding carboxylic acids is 1. The first-order valence-corrected chi connectivity index (χ1v) is 7.92. The van der Waals surface area contributed by atoms with E-state index in [1.165, 1.54) is 11.3 Å². The highest BCUT2D eigenvalue weighted by Crippen LogP contribution is 2.21. The van der Waals surface area contributed by atoms with Crippen molar-refractivity contribution in [1.29, 1.82) is 0 Å². The van der Waals surface area contributed by atoms with Gasteiger partial charge in [-0.3, -0.25) is 10.1 Å². The lowest BCUT2D eigenvalue weighted by Gasteiger charge is -2.13. The third kappa shape index (κ3) is 4.51. The van der Waals surface area contributed by atoms with Crippen molar-refractivity contribution in [3.63, 3.8) is 0 Å². The van der Waals surface area contributed by atoms with E-state index in [1.807, 2.05) is 38.1 Å². The maximum Gasteiger partial charge on any atom is 0.261 e. The molecule has 0 fully saturated rings. The first-order valence-electron chi connectivity index (χ1n) is 7.10. The molecule has 0 unspecified atom stereocenters. The lowest BCUT2D eigenvalue weighted by atomic mass is 10.2. The number of nitrogens with one attached hydrogen (secondary N) is 1. The van der Waals surface area contributed by atoms with Gasteiger partial charge < -0.3 is 9.64 Å². The molecule has 0 aliphatic rings. The van der Waals surface area contributed by atoms with Crippen molar-refractivity contribution in [2.24, 2.45) is 0 Å². The standard InChI is InChI=1S/C15H20N4O2S/c1-4-13-17-18-15(22-13)16-14(20)11-7-5-6-8-12(11)21-10-9-19(2)3/h5-8H,4,9-10H2,1-3H3,(H,16,18,20). The Balaban J connectivity index is 2.05. The summed E-state index contributed by atoms with van der Waals surface area (Å²) in [4.78, 5) is 14.4. The topological polar surface area (TPSA) is 67.3 Å². The van der Waals surface area contributed by atoms with Crippen molar-refractivity contribution in [3.8, 4) is 5.75 Å². The van der Waals surface area contributed by atoms with Crippen LogP contribution in [-0.2, 0) is 6.42 Å². The largest absolute Gasteiger partial charge is 0.491 e. The average Bonchev–Trinajstić information content (AvgIpc) is 2.95. The van der Waals surface area contributed by atoms with Crippen molar-refractivity contribution < 1.29 is 9.53 Å². The first-order chi connectivity index (χ1) is 10.6. The molecule has 7 heteroatoms. The van der Waals surface area contributed by atoms with Gasteiger partial charge in [0.15, 0.2) is 0 Å². The summed E-state index contributed by atoms with van der Waals surface area (Å²) in [5, 5.41) is 12.1. The molecule has 118 valence electrons. The Labute approximate surface area is 134 Å². The first kappa shape index (κ1) is 16.4. The van der Waals surface area contributed by atoms with E-state index >= 15 is 0 Å². The van der Waals surface area contributed by atoms with Gasteiger partial charge >= 0.3 is 0 Å². The van der Waals surface area contributed by atoms with Crippen LogP contribution in [0.5, 0.6) is 5.75 Å². The molecular formula is C15H20N4O2S. The number of hydrogen-bond donors (Lipinski definition) is 1. The molecule has 0 bridgehead atoms. The number of rotatable bonds is 7. The molecule has 1 amide bonds. The molecule has 1 heterocycles. The molecule has 2 rings (SSSR count). The van der Waals surface area contributed by atoms with E-state index < -0.39 is 0 Å². The Kier molecular flexibility index (Phi) is 5.85. The van der Waals surface area contributed by atoms with Crippen LogP contribution in [0.3, 0.4) is 0 Å². The molecule has 1 aromatic carbocycles. The molecule has 2 aromatic rings. The summed E-state index contributed by atoms with van der Waals surface area (Å²) >= 11 is 1.38. The van der Waals surface area contributed by atoms with Gasteiger partial charge in [-0.2, -0.15) is 0 Å². The molecule has 22 heavy (non-hydrogen) atoms. The molecular weight excluding hydrogens is 300 g/mol. The molecule has 0 aliphatic carbocycles. The van der Waals surface area contributed by atoms with Gasteiger partial charge in [0.25, 0.3) is 5.91 Å². The molecule has 0 saturated carbocycles. The van der Waals surface area contributed by atoms with Crippen LogP contribution >= 0.6 is 11.3 Å². The molecule has 6 nitrogen and oxygen atoms in total. The molecule has 0 aliphatic heterocycles. The predicted octanol–water partition coefficient (Wildman–Crippen LogP) is 2.29. The zero-order chi connectivity index (χ0) is 15.9. The molecule has 1 aromatic heterocycles. The number of aryl methyl sites for hydroxylation is 1. The number of benzene rings is 1. The fourth-order valence-corrected chi connectivity index (χ4v) is 2.40. The Bertz CT molecular complexity index is 628. The van der Waals surface area contributed by atoms with E-state index in [0.29, 0.717) is 23.1 Å². The molecule has 0 radical (unpaired) electrons. The Morgan fingerprint density at radius 2 is 2.09 bits per heavy atom. The highest BCUT2D eigenvalue weighted by Gasteiger charge is 2.14. The fourth-order valence-electron chi connectivity index (χ4n) is 1.73. The van der Waals surface area contributed by atoms with Gasteiger partial charge in [-0.25, -0.2) is 0 Å². The molecule has 0 atom stereocenters. The van der Waals surface area contributed by atoms with E-state index in [2.05, 4.69) is 15.5 Å². The summed E-state index contributed by atoms with van der Waals surface area (Å²) in [6.45, 7) is 3.31. The number of carbonyl (C=O) groups is 1. The third-order valence-corrected chi connectivity index (χ3v) is 3.90. The van der Waals surface area contributed by atoms with Gasteiger partial charge in [-0.1, -0.05) is 30.4 Å². The maximum atomic E-state index is 12.4. The average molecular weight is 320 g/mol. The Hall–Kier alpha value is -1.99. The minimum absolute atomic E-state index is 0.237. The van der Waals surface area contributed by atoms with E-state index in [0.717, 1.165) is 18.0 Å². The number of amides is 1.